The lowest BCUT2D eigenvalue weighted by Gasteiger charge is -2.32. The fourth-order valence-electron chi connectivity index (χ4n) is 3.24. The summed E-state index contributed by atoms with van der Waals surface area (Å²) in [5, 5.41) is 3.18. The lowest BCUT2D eigenvalue weighted by atomic mass is 9.96. The van der Waals surface area contributed by atoms with Crippen molar-refractivity contribution in [2.24, 2.45) is 11.8 Å². The van der Waals surface area contributed by atoms with E-state index in [0.717, 1.165) is 45.3 Å². The van der Waals surface area contributed by atoms with Gasteiger partial charge in [-0.2, -0.15) is 0 Å². The van der Waals surface area contributed by atoms with Crippen LogP contribution in [-0.2, 0) is 10.0 Å². The molecule has 2 N–H and O–H groups in total. The number of sulfonamides is 1. The number of halogens is 1. The van der Waals surface area contributed by atoms with Crippen LogP contribution in [0.5, 0.6) is 0 Å². The Bertz CT molecular complexity index is 714. The molecule has 1 saturated carbocycles. The minimum atomic E-state index is -3.55. The Labute approximate surface area is 162 Å². The highest BCUT2D eigenvalue weighted by molar-refractivity contribution is 7.89. The van der Waals surface area contributed by atoms with Gasteiger partial charge in [-0.1, -0.05) is 6.07 Å². The van der Waals surface area contributed by atoms with E-state index in [-0.39, 0.29) is 23.2 Å². The van der Waals surface area contributed by atoms with E-state index >= 15 is 0 Å². The number of hydrogen-bond acceptors (Lipinski definition) is 4. The average Bonchev–Trinajstić information content (AvgIpc) is 3.45. The number of nitrogens with zero attached hydrogens (tertiary/aromatic N) is 1. The van der Waals surface area contributed by atoms with Crippen molar-refractivity contribution in [3.8, 4) is 0 Å². The molecular formula is C18H28ClN3O3S. The second kappa shape index (κ2) is 9.17. The molecule has 1 aromatic rings. The molecule has 26 heavy (non-hydrogen) atoms. The van der Waals surface area contributed by atoms with Crippen LogP contribution in [0.3, 0.4) is 0 Å². The molecule has 3 rings (SSSR count). The summed E-state index contributed by atoms with van der Waals surface area (Å²) in [5.74, 6) is 0.994. The summed E-state index contributed by atoms with van der Waals surface area (Å²) in [6.45, 7) is 2.91. The van der Waals surface area contributed by atoms with Gasteiger partial charge in [0.1, 0.15) is 0 Å². The molecular weight excluding hydrogens is 374 g/mol. The predicted molar refractivity (Wildman–Crippen MR) is 104 cm³/mol. The van der Waals surface area contributed by atoms with E-state index in [1.165, 1.54) is 6.07 Å². The summed E-state index contributed by atoms with van der Waals surface area (Å²) in [5.41, 5.74) is 0.446. The van der Waals surface area contributed by atoms with Gasteiger partial charge in [-0.15, -0.1) is 12.4 Å². The molecule has 146 valence electrons. The van der Waals surface area contributed by atoms with Gasteiger partial charge in [-0.3, -0.25) is 4.79 Å². The average molecular weight is 402 g/mol. The third-order valence-electron chi connectivity index (χ3n) is 5.04. The number of amides is 1. The summed E-state index contributed by atoms with van der Waals surface area (Å²) >= 11 is 0. The summed E-state index contributed by atoms with van der Waals surface area (Å²) < 4.78 is 27.4. The Hall–Kier alpha value is -1.15. The van der Waals surface area contributed by atoms with E-state index in [1.54, 1.807) is 18.2 Å². The molecule has 6 nitrogen and oxygen atoms in total. The van der Waals surface area contributed by atoms with Crippen LogP contribution in [0.4, 0.5) is 0 Å². The molecule has 2 aliphatic rings. The smallest absolute Gasteiger partial charge is 0.253 e. The van der Waals surface area contributed by atoms with Crippen molar-refractivity contribution < 1.29 is 13.2 Å². The van der Waals surface area contributed by atoms with Crippen molar-refractivity contribution >= 4 is 28.3 Å². The summed E-state index contributed by atoms with van der Waals surface area (Å²) in [6.07, 6.45) is 4.14. The highest BCUT2D eigenvalue weighted by Crippen LogP contribution is 2.28. The van der Waals surface area contributed by atoms with E-state index in [4.69, 9.17) is 0 Å². The first-order valence-corrected chi connectivity index (χ1v) is 10.5. The molecule has 0 atom stereocenters. The molecule has 8 heteroatoms. The topological polar surface area (TPSA) is 78.5 Å². The Morgan fingerprint density at radius 1 is 1.12 bits per heavy atom. The molecule has 0 radical (unpaired) electrons. The summed E-state index contributed by atoms with van der Waals surface area (Å²) in [6, 6.07) is 6.39. The lowest BCUT2D eigenvalue weighted by molar-refractivity contribution is 0.0690. The second-order valence-electron chi connectivity index (χ2n) is 7.12. The van der Waals surface area contributed by atoms with E-state index in [1.807, 2.05) is 11.9 Å². The zero-order chi connectivity index (χ0) is 17.9. The zero-order valence-electron chi connectivity index (χ0n) is 15.1. The van der Waals surface area contributed by atoms with Crippen LogP contribution >= 0.6 is 12.4 Å². The van der Waals surface area contributed by atoms with Gasteiger partial charge in [0, 0.05) is 25.2 Å². The fourth-order valence-corrected chi connectivity index (χ4v) is 4.40. The molecule has 1 heterocycles. The van der Waals surface area contributed by atoms with Crippen LogP contribution in [0, 0.1) is 11.8 Å². The molecule has 1 saturated heterocycles. The van der Waals surface area contributed by atoms with Crippen LogP contribution in [0.2, 0.25) is 0 Å². The highest BCUT2D eigenvalue weighted by Gasteiger charge is 2.26. The van der Waals surface area contributed by atoms with Crippen molar-refractivity contribution in [1.82, 2.24) is 14.9 Å². The van der Waals surface area contributed by atoms with Crippen molar-refractivity contribution in [1.29, 1.82) is 0 Å². The van der Waals surface area contributed by atoms with E-state index in [0.29, 0.717) is 23.9 Å². The maximum Gasteiger partial charge on any atom is 0.253 e. The zero-order valence-corrected chi connectivity index (χ0v) is 16.7. The van der Waals surface area contributed by atoms with Crippen LogP contribution in [0.15, 0.2) is 29.2 Å². The highest BCUT2D eigenvalue weighted by atomic mass is 35.5. The Morgan fingerprint density at radius 2 is 1.77 bits per heavy atom. The number of rotatable bonds is 7. The standard InChI is InChI=1S/C18H27N3O3S.ClH/c1-19-12-15-7-9-21(10-8-15)18(22)16-3-2-4-17(11-16)25(23,24)20-13-14-5-6-14;/h2-4,11,14-15,19-20H,5-10,12-13H2,1H3;1H. The van der Waals surface area contributed by atoms with Crippen molar-refractivity contribution in [2.75, 3.05) is 33.2 Å². The largest absolute Gasteiger partial charge is 0.339 e. The van der Waals surface area contributed by atoms with Crippen molar-refractivity contribution in [3.63, 3.8) is 0 Å². The molecule has 1 aromatic carbocycles. The Balaban J connectivity index is 0.00000243. The Morgan fingerprint density at radius 3 is 2.38 bits per heavy atom. The number of nitrogens with one attached hydrogen (secondary N) is 2. The fraction of sp³-hybridized carbons (Fsp3) is 0.611. The first-order chi connectivity index (χ1) is 12.0. The van der Waals surface area contributed by atoms with E-state index in [2.05, 4.69) is 10.0 Å². The van der Waals surface area contributed by atoms with Gasteiger partial charge in [0.05, 0.1) is 4.90 Å². The van der Waals surface area contributed by atoms with E-state index in [9.17, 15) is 13.2 Å². The van der Waals surface area contributed by atoms with Gasteiger partial charge >= 0.3 is 0 Å². The SMILES string of the molecule is CNCC1CCN(C(=O)c2cccc(S(=O)(=O)NCC3CC3)c2)CC1.Cl. The normalized spacial score (nSPS) is 18.4. The summed E-state index contributed by atoms with van der Waals surface area (Å²) in [7, 11) is -1.60. The summed E-state index contributed by atoms with van der Waals surface area (Å²) in [4.78, 5) is 14.7. The Kier molecular flexibility index (Phi) is 7.46. The second-order valence-corrected chi connectivity index (χ2v) is 8.88. The monoisotopic (exact) mass is 401 g/mol. The van der Waals surface area contributed by atoms with Gasteiger partial charge < -0.3 is 10.2 Å². The van der Waals surface area contributed by atoms with Crippen LogP contribution in [0.1, 0.15) is 36.0 Å². The van der Waals surface area contributed by atoms with Gasteiger partial charge in [0.25, 0.3) is 5.91 Å². The first-order valence-electron chi connectivity index (χ1n) is 9.03. The number of likely N-dealkylation sites (tertiary alicyclic amines) is 1. The maximum atomic E-state index is 12.7. The van der Waals surface area contributed by atoms with Gasteiger partial charge in [-0.05, 0) is 69.3 Å². The van der Waals surface area contributed by atoms with E-state index < -0.39 is 10.0 Å². The molecule has 0 bridgehead atoms. The third-order valence-corrected chi connectivity index (χ3v) is 6.47. The number of hydrogen-bond donors (Lipinski definition) is 2. The van der Waals surface area contributed by atoms with Crippen LogP contribution in [-0.4, -0.2) is 52.5 Å². The van der Waals surface area contributed by atoms with Crippen molar-refractivity contribution in [3.05, 3.63) is 29.8 Å². The minimum Gasteiger partial charge on any atom is -0.339 e. The van der Waals surface area contributed by atoms with Gasteiger partial charge in [0.2, 0.25) is 10.0 Å². The number of carbonyl (C=O) groups is 1. The van der Waals surface area contributed by atoms with Gasteiger partial charge in [-0.25, -0.2) is 13.1 Å². The molecule has 1 aliphatic carbocycles. The third kappa shape index (κ3) is 5.42. The molecule has 0 spiro atoms. The van der Waals surface area contributed by atoms with Crippen LogP contribution < -0.4 is 10.0 Å². The molecule has 1 amide bonds. The molecule has 1 aliphatic heterocycles. The molecule has 0 unspecified atom stereocenters. The quantitative estimate of drug-likeness (QED) is 0.731. The molecule has 2 fully saturated rings. The van der Waals surface area contributed by atoms with Crippen molar-refractivity contribution in [2.45, 2.75) is 30.6 Å². The predicted octanol–water partition coefficient (Wildman–Crippen LogP) is 1.87. The van der Waals surface area contributed by atoms with Crippen LogP contribution in [0.25, 0.3) is 0 Å². The number of benzene rings is 1. The first kappa shape index (κ1) is 21.2. The number of piperidine rings is 1. The lowest BCUT2D eigenvalue weighted by Crippen LogP contribution is -2.40. The molecule has 0 aromatic heterocycles. The minimum absolute atomic E-state index is 0. The maximum absolute atomic E-state index is 12.7. The number of carbonyl (C=O) groups excluding carboxylic acids is 1. The van der Waals surface area contributed by atoms with Gasteiger partial charge in [0.15, 0.2) is 0 Å².